The number of nitrogens with zero attached hydrogens (tertiary/aromatic N) is 4. The van der Waals surface area contributed by atoms with Crippen LogP contribution in [0.1, 0.15) is 28.1 Å². The molecule has 152 valence electrons. The van der Waals surface area contributed by atoms with Crippen LogP contribution in [0.4, 0.5) is 0 Å². The Morgan fingerprint density at radius 2 is 1.86 bits per heavy atom. The van der Waals surface area contributed by atoms with Gasteiger partial charge in [0.15, 0.2) is 5.96 Å². The monoisotopic (exact) mass is 384 g/mol. The summed E-state index contributed by atoms with van der Waals surface area (Å²) in [5.41, 5.74) is 6.04. The third kappa shape index (κ3) is 5.33. The van der Waals surface area contributed by atoms with Crippen LogP contribution in [0.2, 0.25) is 0 Å². The van der Waals surface area contributed by atoms with Crippen molar-refractivity contribution in [1.82, 2.24) is 25.3 Å². The van der Waals surface area contributed by atoms with E-state index in [1.807, 2.05) is 18.7 Å². The highest BCUT2D eigenvalue weighted by molar-refractivity contribution is 5.79. The van der Waals surface area contributed by atoms with Crippen LogP contribution in [0.15, 0.2) is 29.3 Å². The molecule has 2 N–H and O–H groups in total. The molecule has 7 heteroatoms. The third-order valence-corrected chi connectivity index (χ3v) is 5.28. The van der Waals surface area contributed by atoms with E-state index in [1.165, 1.54) is 22.4 Å². The summed E-state index contributed by atoms with van der Waals surface area (Å²) in [5.74, 6) is 0.793. The fraction of sp³-hybridized carbons (Fsp3) is 0.524. The minimum Gasteiger partial charge on any atom is -0.379 e. The van der Waals surface area contributed by atoms with E-state index in [1.54, 1.807) is 7.05 Å². The van der Waals surface area contributed by atoms with Crippen LogP contribution in [0.5, 0.6) is 0 Å². The summed E-state index contributed by atoms with van der Waals surface area (Å²) in [6.07, 6.45) is 0. The van der Waals surface area contributed by atoms with Crippen molar-refractivity contribution in [2.24, 2.45) is 12.0 Å². The molecule has 1 fully saturated rings. The molecule has 3 rings (SSSR count). The molecule has 0 unspecified atom stereocenters. The molecule has 1 aromatic carbocycles. The van der Waals surface area contributed by atoms with Crippen LogP contribution in [0.3, 0.4) is 0 Å². The number of aryl methyl sites for hydroxylation is 2. The SMILES string of the molecule is CN=C(NCc1cccc(CN2CCOCC2)c1)NCc1c(C)nn(C)c1C. The highest BCUT2D eigenvalue weighted by atomic mass is 16.5. The first-order valence-corrected chi connectivity index (χ1v) is 9.88. The van der Waals surface area contributed by atoms with Gasteiger partial charge in [-0.25, -0.2) is 0 Å². The average molecular weight is 385 g/mol. The Morgan fingerprint density at radius 1 is 1.14 bits per heavy atom. The molecule has 7 nitrogen and oxygen atoms in total. The van der Waals surface area contributed by atoms with E-state index in [0.29, 0.717) is 6.54 Å². The molecule has 0 atom stereocenters. The predicted octanol–water partition coefficient (Wildman–Crippen LogP) is 1.73. The smallest absolute Gasteiger partial charge is 0.191 e. The summed E-state index contributed by atoms with van der Waals surface area (Å²) in [5, 5.41) is 11.3. The fourth-order valence-electron chi connectivity index (χ4n) is 3.51. The van der Waals surface area contributed by atoms with E-state index in [0.717, 1.165) is 51.0 Å². The number of rotatable bonds is 6. The van der Waals surface area contributed by atoms with Gasteiger partial charge < -0.3 is 15.4 Å². The number of benzene rings is 1. The number of ether oxygens (including phenoxy) is 1. The Labute approximate surface area is 167 Å². The molecule has 0 aliphatic carbocycles. The van der Waals surface area contributed by atoms with Crippen molar-refractivity contribution in [2.45, 2.75) is 33.5 Å². The molecule has 0 amide bonds. The van der Waals surface area contributed by atoms with Gasteiger partial charge in [0.2, 0.25) is 0 Å². The van der Waals surface area contributed by atoms with E-state index < -0.39 is 0 Å². The van der Waals surface area contributed by atoms with Crippen LogP contribution in [-0.4, -0.2) is 54.0 Å². The molecule has 28 heavy (non-hydrogen) atoms. The Balaban J connectivity index is 1.52. The number of aliphatic imine (C=N–C) groups is 1. The van der Waals surface area contributed by atoms with Gasteiger partial charge in [0.25, 0.3) is 0 Å². The lowest BCUT2D eigenvalue weighted by Gasteiger charge is -2.26. The second-order valence-electron chi connectivity index (χ2n) is 7.26. The third-order valence-electron chi connectivity index (χ3n) is 5.28. The van der Waals surface area contributed by atoms with Crippen molar-refractivity contribution < 1.29 is 4.74 Å². The van der Waals surface area contributed by atoms with E-state index in [9.17, 15) is 0 Å². The maximum atomic E-state index is 5.43. The van der Waals surface area contributed by atoms with Crippen molar-refractivity contribution in [1.29, 1.82) is 0 Å². The molecular formula is C21H32N6O. The van der Waals surface area contributed by atoms with Crippen LogP contribution in [0, 0.1) is 13.8 Å². The summed E-state index contributed by atoms with van der Waals surface area (Å²) in [7, 11) is 3.77. The molecule has 2 aromatic rings. The summed E-state index contributed by atoms with van der Waals surface area (Å²) in [4.78, 5) is 6.79. The minimum atomic E-state index is 0.711. The number of morpholine rings is 1. The van der Waals surface area contributed by atoms with Crippen LogP contribution in [-0.2, 0) is 31.4 Å². The quantitative estimate of drug-likeness (QED) is 0.587. The Hall–Kier alpha value is -2.38. The molecular weight excluding hydrogens is 352 g/mol. The van der Waals surface area contributed by atoms with Gasteiger partial charge in [-0.2, -0.15) is 5.10 Å². The Morgan fingerprint density at radius 3 is 2.54 bits per heavy atom. The number of guanidine groups is 1. The van der Waals surface area contributed by atoms with Gasteiger partial charge in [0.1, 0.15) is 0 Å². The largest absolute Gasteiger partial charge is 0.379 e. The summed E-state index contributed by atoms with van der Waals surface area (Å²) >= 11 is 0. The summed E-state index contributed by atoms with van der Waals surface area (Å²) in [6, 6.07) is 8.75. The van der Waals surface area contributed by atoms with Crippen molar-refractivity contribution >= 4 is 5.96 Å². The number of hydrogen-bond donors (Lipinski definition) is 2. The predicted molar refractivity (Wildman–Crippen MR) is 112 cm³/mol. The second kappa shape index (κ2) is 9.71. The molecule has 1 aliphatic heterocycles. The van der Waals surface area contributed by atoms with E-state index in [2.05, 4.69) is 56.8 Å². The molecule has 1 aliphatic rings. The zero-order valence-corrected chi connectivity index (χ0v) is 17.5. The molecule has 0 bridgehead atoms. The molecule has 1 saturated heterocycles. The van der Waals surface area contributed by atoms with E-state index in [4.69, 9.17) is 4.74 Å². The zero-order chi connectivity index (χ0) is 19.9. The summed E-state index contributed by atoms with van der Waals surface area (Å²) in [6.45, 7) is 10.2. The molecule has 1 aromatic heterocycles. The summed E-state index contributed by atoms with van der Waals surface area (Å²) < 4.78 is 7.35. The van der Waals surface area contributed by atoms with E-state index in [-0.39, 0.29) is 0 Å². The van der Waals surface area contributed by atoms with Gasteiger partial charge in [-0.3, -0.25) is 14.6 Å². The normalized spacial score (nSPS) is 15.6. The maximum Gasteiger partial charge on any atom is 0.191 e. The van der Waals surface area contributed by atoms with Crippen molar-refractivity contribution in [3.05, 3.63) is 52.3 Å². The van der Waals surface area contributed by atoms with Gasteiger partial charge >= 0.3 is 0 Å². The minimum absolute atomic E-state index is 0.711. The molecule has 0 radical (unpaired) electrons. The lowest BCUT2D eigenvalue weighted by Crippen LogP contribution is -2.36. The lowest BCUT2D eigenvalue weighted by atomic mass is 10.1. The fourth-order valence-corrected chi connectivity index (χ4v) is 3.51. The molecule has 2 heterocycles. The Kier molecular flexibility index (Phi) is 7.06. The highest BCUT2D eigenvalue weighted by Crippen LogP contribution is 2.12. The maximum absolute atomic E-state index is 5.43. The molecule has 0 saturated carbocycles. The van der Waals surface area contributed by atoms with Gasteiger partial charge in [0.05, 0.1) is 18.9 Å². The second-order valence-corrected chi connectivity index (χ2v) is 7.26. The Bertz CT molecular complexity index is 807. The topological polar surface area (TPSA) is 66.7 Å². The first-order chi connectivity index (χ1) is 13.6. The van der Waals surface area contributed by atoms with Crippen LogP contribution >= 0.6 is 0 Å². The van der Waals surface area contributed by atoms with Gasteiger partial charge in [-0.1, -0.05) is 24.3 Å². The van der Waals surface area contributed by atoms with Gasteiger partial charge in [-0.05, 0) is 25.0 Å². The average Bonchev–Trinajstić information content (AvgIpc) is 2.95. The first-order valence-electron chi connectivity index (χ1n) is 9.88. The molecule has 0 spiro atoms. The van der Waals surface area contributed by atoms with Crippen molar-refractivity contribution in [2.75, 3.05) is 33.4 Å². The van der Waals surface area contributed by atoms with Gasteiger partial charge in [0, 0.05) is 58.1 Å². The van der Waals surface area contributed by atoms with Crippen LogP contribution in [0.25, 0.3) is 0 Å². The van der Waals surface area contributed by atoms with Crippen molar-refractivity contribution in [3.8, 4) is 0 Å². The number of nitrogens with one attached hydrogen (secondary N) is 2. The first kappa shape index (κ1) is 20.4. The van der Waals surface area contributed by atoms with E-state index >= 15 is 0 Å². The number of hydrogen-bond acceptors (Lipinski definition) is 4. The zero-order valence-electron chi connectivity index (χ0n) is 17.5. The number of aromatic nitrogens is 2. The van der Waals surface area contributed by atoms with Crippen molar-refractivity contribution in [3.63, 3.8) is 0 Å². The van der Waals surface area contributed by atoms with Crippen LogP contribution < -0.4 is 10.6 Å². The van der Waals surface area contributed by atoms with Gasteiger partial charge in [-0.15, -0.1) is 0 Å². The lowest BCUT2D eigenvalue weighted by molar-refractivity contribution is 0.0342. The highest BCUT2D eigenvalue weighted by Gasteiger charge is 2.11. The standard InChI is InChI=1S/C21H32N6O/c1-16-20(17(2)26(4)25-16)14-24-21(22-3)23-13-18-6-5-7-19(12-18)15-27-8-10-28-11-9-27/h5-7,12H,8-11,13-15H2,1-4H3,(H2,22,23,24).